The lowest BCUT2D eigenvalue weighted by atomic mass is 10.2. The molecule has 0 heterocycles. The molecule has 2 atom stereocenters. The number of benzene rings is 2. The summed E-state index contributed by atoms with van der Waals surface area (Å²) in [4.78, 5) is 0. The first-order valence-corrected chi connectivity index (χ1v) is 8.52. The molecular weight excluding hydrogens is 320 g/mol. The van der Waals surface area contributed by atoms with Crippen molar-refractivity contribution in [2.45, 2.75) is 44.6 Å². The fourth-order valence-corrected chi connectivity index (χ4v) is 3.05. The lowest BCUT2D eigenvalue weighted by Crippen LogP contribution is -2.17. The molecule has 1 aliphatic rings. The molecule has 134 valence electrons. The summed E-state index contributed by atoms with van der Waals surface area (Å²) in [7, 11) is 0. The minimum absolute atomic E-state index is 0.157. The van der Waals surface area contributed by atoms with Gasteiger partial charge in [-0.2, -0.15) is 0 Å². The van der Waals surface area contributed by atoms with Gasteiger partial charge in [-0.25, -0.2) is 11.0 Å². The highest BCUT2D eigenvalue weighted by molar-refractivity contribution is 5.28. The van der Waals surface area contributed by atoms with Gasteiger partial charge in [0.05, 0.1) is 0 Å². The van der Waals surface area contributed by atoms with Crippen LogP contribution in [0.25, 0.3) is 0 Å². The SMILES string of the molecule is ONCc1ccc(O[C@@H]2CC[C@H](Oc3ccc(CNO)cc3)C2)cc1. The minimum Gasteiger partial charge on any atom is -0.490 e. The van der Waals surface area contributed by atoms with Crippen molar-refractivity contribution in [1.82, 2.24) is 11.0 Å². The van der Waals surface area contributed by atoms with Crippen molar-refractivity contribution >= 4 is 0 Å². The van der Waals surface area contributed by atoms with Crippen LogP contribution in [-0.4, -0.2) is 22.6 Å². The van der Waals surface area contributed by atoms with Gasteiger partial charge < -0.3 is 19.9 Å². The van der Waals surface area contributed by atoms with Crippen molar-refractivity contribution in [1.29, 1.82) is 0 Å². The number of ether oxygens (including phenoxy) is 2. The van der Waals surface area contributed by atoms with E-state index in [0.29, 0.717) is 13.1 Å². The third-order valence-electron chi connectivity index (χ3n) is 4.35. The van der Waals surface area contributed by atoms with Crippen molar-refractivity contribution in [3.8, 4) is 11.5 Å². The molecular formula is C19H24N2O4. The highest BCUT2D eigenvalue weighted by Gasteiger charge is 2.27. The molecule has 1 aliphatic carbocycles. The second-order valence-electron chi connectivity index (χ2n) is 6.25. The van der Waals surface area contributed by atoms with Crippen LogP contribution in [0.4, 0.5) is 0 Å². The zero-order chi connectivity index (χ0) is 17.5. The lowest BCUT2D eigenvalue weighted by molar-refractivity contribution is 0.160. The Morgan fingerprint density at radius 3 is 1.48 bits per heavy atom. The molecule has 0 saturated heterocycles. The largest absolute Gasteiger partial charge is 0.490 e. The first-order valence-electron chi connectivity index (χ1n) is 8.52. The number of hydrogen-bond acceptors (Lipinski definition) is 6. The highest BCUT2D eigenvalue weighted by atomic mass is 16.5. The molecule has 0 unspecified atom stereocenters. The van der Waals surface area contributed by atoms with Crippen LogP contribution in [0.3, 0.4) is 0 Å². The van der Waals surface area contributed by atoms with Crippen LogP contribution >= 0.6 is 0 Å². The molecule has 0 amide bonds. The number of hydrogen-bond donors (Lipinski definition) is 4. The second-order valence-corrected chi connectivity index (χ2v) is 6.25. The third-order valence-corrected chi connectivity index (χ3v) is 4.35. The Hall–Kier alpha value is -2.12. The maximum Gasteiger partial charge on any atom is 0.119 e. The van der Waals surface area contributed by atoms with E-state index in [4.69, 9.17) is 19.9 Å². The number of hydroxylamine groups is 2. The van der Waals surface area contributed by atoms with Gasteiger partial charge in [0, 0.05) is 19.5 Å². The maximum atomic E-state index is 8.70. The molecule has 1 saturated carbocycles. The van der Waals surface area contributed by atoms with E-state index in [2.05, 4.69) is 11.0 Å². The maximum absolute atomic E-state index is 8.70. The van der Waals surface area contributed by atoms with Gasteiger partial charge >= 0.3 is 0 Å². The summed E-state index contributed by atoms with van der Waals surface area (Å²) in [6.07, 6.45) is 3.11. The van der Waals surface area contributed by atoms with Gasteiger partial charge in [-0.1, -0.05) is 24.3 Å². The molecule has 6 nitrogen and oxygen atoms in total. The molecule has 2 aromatic carbocycles. The Kier molecular flexibility index (Phi) is 6.25. The number of nitrogens with one attached hydrogen (secondary N) is 2. The molecule has 2 aromatic rings. The highest BCUT2D eigenvalue weighted by Crippen LogP contribution is 2.28. The zero-order valence-corrected chi connectivity index (χ0v) is 14.0. The Morgan fingerprint density at radius 1 is 0.720 bits per heavy atom. The summed E-state index contributed by atoms with van der Waals surface area (Å²) in [6, 6.07) is 15.4. The van der Waals surface area contributed by atoms with E-state index in [0.717, 1.165) is 41.9 Å². The summed E-state index contributed by atoms with van der Waals surface area (Å²) < 4.78 is 12.1. The van der Waals surface area contributed by atoms with Crippen molar-refractivity contribution < 1.29 is 19.9 Å². The standard InChI is InChI=1S/C19H24N2O4/c22-20-12-14-1-5-16(6-2-14)24-18-9-10-19(11-18)25-17-7-3-15(4-8-17)13-21-23/h1-8,18-23H,9-13H2/t18-,19+. The Balaban J connectivity index is 1.48. The van der Waals surface area contributed by atoms with Crippen molar-refractivity contribution in [2.24, 2.45) is 0 Å². The average molecular weight is 344 g/mol. The van der Waals surface area contributed by atoms with E-state index in [1.165, 1.54) is 0 Å². The van der Waals surface area contributed by atoms with Crippen LogP contribution in [0.5, 0.6) is 11.5 Å². The average Bonchev–Trinajstić information content (AvgIpc) is 3.06. The third kappa shape index (κ3) is 5.17. The molecule has 0 spiro atoms. The van der Waals surface area contributed by atoms with Gasteiger partial charge in [-0.05, 0) is 48.2 Å². The monoisotopic (exact) mass is 344 g/mol. The summed E-state index contributed by atoms with van der Waals surface area (Å²) in [5, 5.41) is 17.4. The van der Waals surface area contributed by atoms with Crippen LogP contribution in [0.2, 0.25) is 0 Å². The fraction of sp³-hybridized carbons (Fsp3) is 0.368. The fourth-order valence-electron chi connectivity index (χ4n) is 3.05. The number of rotatable bonds is 8. The van der Waals surface area contributed by atoms with Crippen molar-refractivity contribution in [2.75, 3.05) is 0 Å². The Morgan fingerprint density at radius 2 is 1.12 bits per heavy atom. The van der Waals surface area contributed by atoms with E-state index in [-0.39, 0.29) is 12.2 Å². The first kappa shape index (κ1) is 17.7. The predicted octanol–water partition coefficient (Wildman–Crippen LogP) is 3.02. The Labute approximate surface area is 147 Å². The molecule has 6 heteroatoms. The van der Waals surface area contributed by atoms with Gasteiger partial charge in [0.15, 0.2) is 0 Å². The lowest BCUT2D eigenvalue weighted by Gasteiger charge is -2.16. The van der Waals surface area contributed by atoms with E-state index in [1.807, 2.05) is 48.5 Å². The van der Waals surface area contributed by atoms with Gasteiger partial charge in [-0.3, -0.25) is 0 Å². The molecule has 0 aliphatic heterocycles. The van der Waals surface area contributed by atoms with Crippen molar-refractivity contribution in [3.05, 3.63) is 59.7 Å². The molecule has 0 bridgehead atoms. The molecule has 3 rings (SSSR count). The van der Waals surface area contributed by atoms with Crippen molar-refractivity contribution in [3.63, 3.8) is 0 Å². The summed E-state index contributed by atoms with van der Waals surface area (Å²) in [5.74, 6) is 1.68. The van der Waals surface area contributed by atoms with E-state index >= 15 is 0 Å². The van der Waals surface area contributed by atoms with Crippen LogP contribution in [-0.2, 0) is 13.1 Å². The van der Waals surface area contributed by atoms with Gasteiger partial charge in [0.1, 0.15) is 23.7 Å². The summed E-state index contributed by atoms with van der Waals surface area (Å²) in [5.41, 5.74) is 6.29. The van der Waals surface area contributed by atoms with E-state index in [9.17, 15) is 0 Å². The summed E-state index contributed by atoms with van der Waals surface area (Å²) in [6.45, 7) is 0.847. The van der Waals surface area contributed by atoms with Crippen LogP contribution < -0.4 is 20.4 Å². The van der Waals surface area contributed by atoms with Gasteiger partial charge in [0.25, 0.3) is 0 Å². The molecule has 1 fully saturated rings. The van der Waals surface area contributed by atoms with E-state index in [1.54, 1.807) is 0 Å². The minimum atomic E-state index is 0.157. The van der Waals surface area contributed by atoms with Crippen LogP contribution in [0, 0.1) is 0 Å². The first-order chi connectivity index (χ1) is 12.3. The van der Waals surface area contributed by atoms with Crippen LogP contribution in [0.15, 0.2) is 48.5 Å². The molecule has 25 heavy (non-hydrogen) atoms. The summed E-state index contributed by atoms with van der Waals surface area (Å²) >= 11 is 0. The molecule has 0 aromatic heterocycles. The normalized spacial score (nSPS) is 19.8. The predicted molar refractivity (Wildman–Crippen MR) is 92.8 cm³/mol. The van der Waals surface area contributed by atoms with E-state index < -0.39 is 0 Å². The Bertz CT molecular complexity index is 588. The topological polar surface area (TPSA) is 83.0 Å². The van der Waals surface area contributed by atoms with Gasteiger partial charge in [0.2, 0.25) is 0 Å². The molecule has 4 N–H and O–H groups in total. The quantitative estimate of drug-likeness (QED) is 0.551. The molecule has 0 radical (unpaired) electrons. The van der Waals surface area contributed by atoms with Crippen LogP contribution in [0.1, 0.15) is 30.4 Å². The second kappa shape index (κ2) is 8.82. The zero-order valence-electron chi connectivity index (χ0n) is 14.0. The smallest absolute Gasteiger partial charge is 0.119 e. The van der Waals surface area contributed by atoms with Gasteiger partial charge in [-0.15, -0.1) is 0 Å².